The number of aromatic nitrogens is 1. The van der Waals surface area contributed by atoms with Gasteiger partial charge >= 0.3 is 0 Å². The normalized spacial score (nSPS) is 26.5. The van der Waals surface area contributed by atoms with Crippen molar-refractivity contribution < 1.29 is 4.79 Å². The molecule has 4 heteroatoms. The molecule has 4 rings (SSSR count). The average Bonchev–Trinajstić information content (AvgIpc) is 3.13. The van der Waals surface area contributed by atoms with Crippen LogP contribution in [-0.4, -0.2) is 45.9 Å². The van der Waals surface area contributed by atoms with E-state index in [0.717, 1.165) is 32.5 Å². The first kappa shape index (κ1) is 12.9. The zero-order chi connectivity index (χ0) is 14.4. The summed E-state index contributed by atoms with van der Waals surface area (Å²) in [6.45, 7) is 4.85. The second-order valence-electron chi connectivity index (χ2n) is 6.29. The first-order valence-corrected chi connectivity index (χ1v) is 7.83. The molecular formula is C17H21N3O. The van der Waals surface area contributed by atoms with Crippen LogP contribution in [0, 0.1) is 0 Å². The fourth-order valence-electron chi connectivity index (χ4n) is 3.84. The van der Waals surface area contributed by atoms with E-state index in [4.69, 9.17) is 0 Å². The number of H-pyrrole nitrogens is 1. The summed E-state index contributed by atoms with van der Waals surface area (Å²) in [4.78, 5) is 20.3. The molecule has 0 radical (unpaired) electrons. The van der Waals surface area contributed by atoms with Crippen LogP contribution in [0.25, 0.3) is 10.9 Å². The molecule has 1 N–H and O–H groups in total. The van der Waals surface area contributed by atoms with E-state index in [1.165, 1.54) is 16.5 Å². The minimum atomic E-state index is -0.00966. The van der Waals surface area contributed by atoms with Crippen LogP contribution in [0.15, 0.2) is 30.5 Å². The first-order valence-electron chi connectivity index (χ1n) is 7.83. The Morgan fingerprint density at radius 3 is 3.14 bits per heavy atom. The second-order valence-corrected chi connectivity index (χ2v) is 6.29. The number of aromatic amines is 1. The summed E-state index contributed by atoms with van der Waals surface area (Å²) in [5.74, 6) is 0.308. The molecule has 1 aromatic heterocycles. The van der Waals surface area contributed by atoms with Crippen molar-refractivity contribution in [1.82, 2.24) is 14.8 Å². The maximum Gasteiger partial charge on any atom is 0.239 e. The van der Waals surface area contributed by atoms with Crippen molar-refractivity contribution >= 4 is 16.8 Å². The lowest BCUT2D eigenvalue weighted by Crippen LogP contribution is -2.58. The van der Waals surface area contributed by atoms with Gasteiger partial charge in [0.2, 0.25) is 5.91 Å². The van der Waals surface area contributed by atoms with Gasteiger partial charge in [-0.05, 0) is 36.8 Å². The van der Waals surface area contributed by atoms with E-state index >= 15 is 0 Å². The lowest BCUT2D eigenvalue weighted by atomic mass is 10.0. The van der Waals surface area contributed by atoms with Gasteiger partial charge in [-0.2, -0.15) is 0 Å². The number of hydrogen-bond acceptors (Lipinski definition) is 2. The Hall–Kier alpha value is -1.81. The number of para-hydroxylation sites is 1. The SMILES string of the molecule is C[C@@H]1C(=O)N2CCC[C@@H]2CN1Cc1cccc2cc[nH]c12. The van der Waals surface area contributed by atoms with Gasteiger partial charge in [0.1, 0.15) is 0 Å². The number of carbonyl (C=O) groups is 1. The van der Waals surface area contributed by atoms with Gasteiger partial charge < -0.3 is 9.88 Å². The number of nitrogens with zero attached hydrogens (tertiary/aromatic N) is 2. The van der Waals surface area contributed by atoms with E-state index in [9.17, 15) is 4.79 Å². The Morgan fingerprint density at radius 2 is 2.24 bits per heavy atom. The number of amides is 1. The summed E-state index contributed by atoms with van der Waals surface area (Å²) in [6, 6.07) is 8.91. The Kier molecular flexibility index (Phi) is 3.00. The zero-order valence-electron chi connectivity index (χ0n) is 12.4. The molecule has 4 nitrogen and oxygen atoms in total. The van der Waals surface area contributed by atoms with E-state index in [2.05, 4.69) is 39.0 Å². The fourth-order valence-corrected chi connectivity index (χ4v) is 3.84. The summed E-state index contributed by atoms with van der Waals surface area (Å²) < 4.78 is 0. The summed E-state index contributed by atoms with van der Waals surface area (Å²) in [5, 5.41) is 1.24. The van der Waals surface area contributed by atoms with Crippen molar-refractivity contribution in [3.63, 3.8) is 0 Å². The van der Waals surface area contributed by atoms with Crippen molar-refractivity contribution in [2.24, 2.45) is 0 Å². The Balaban J connectivity index is 1.61. The van der Waals surface area contributed by atoms with Gasteiger partial charge in [0.25, 0.3) is 0 Å². The van der Waals surface area contributed by atoms with Crippen LogP contribution in [-0.2, 0) is 11.3 Å². The van der Waals surface area contributed by atoms with Crippen molar-refractivity contribution in [2.75, 3.05) is 13.1 Å². The summed E-state index contributed by atoms with van der Waals surface area (Å²) in [6.07, 6.45) is 4.29. The lowest BCUT2D eigenvalue weighted by molar-refractivity contribution is -0.143. The number of nitrogens with one attached hydrogen (secondary N) is 1. The van der Waals surface area contributed by atoms with Crippen LogP contribution in [0.4, 0.5) is 0 Å². The average molecular weight is 283 g/mol. The van der Waals surface area contributed by atoms with E-state index < -0.39 is 0 Å². The standard InChI is InChI=1S/C17H21N3O/c1-12-17(21)20-9-3-6-15(20)11-19(12)10-14-5-2-4-13-7-8-18-16(13)14/h2,4-5,7-8,12,15,18H,3,6,9-11H2,1H3/t12-,15-/m1/s1. The molecule has 2 aliphatic heterocycles. The number of carbonyl (C=O) groups excluding carboxylic acids is 1. The van der Waals surface area contributed by atoms with Crippen LogP contribution in [0.1, 0.15) is 25.3 Å². The highest BCUT2D eigenvalue weighted by Crippen LogP contribution is 2.28. The summed E-state index contributed by atoms with van der Waals surface area (Å²) in [5.41, 5.74) is 2.48. The third kappa shape index (κ3) is 2.05. The van der Waals surface area contributed by atoms with Gasteiger partial charge in [-0.25, -0.2) is 0 Å². The monoisotopic (exact) mass is 283 g/mol. The molecule has 2 aliphatic rings. The van der Waals surface area contributed by atoms with Gasteiger partial charge in [-0.1, -0.05) is 18.2 Å². The van der Waals surface area contributed by atoms with Crippen LogP contribution >= 0.6 is 0 Å². The van der Waals surface area contributed by atoms with Gasteiger partial charge in [0.15, 0.2) is 0 Å². The van der Waals surface area contributed by atoms with Gasteiger partial charge in [-0.3, -0.25) is 9.69 Å². The number of hydrogen-bond donors (Lipinski definition) is 1. The van der Waals surface area contributed by atoms with Crippen molar-refractivity contribution in [1.29, 1.82) is 0 Å². The maximum absolute atomic E-state index is 12.5. The van der Waals surface area contributed by atoms with Crippen LogP contribution < -0.4 is 0 Å². The van der Waals surface area contributed by atoms with Gasteiger partial charge in [0.05, 0.1) is 6.04 Å². The third-order valence-corrected chi connectivity index (χ3v) is 5.06. The minimum absolute atomic E-state index is 0.00966. The molecular weight excluding hydrogens is 262 g/mol. The highest BCUT2D eigenvalue weighted by Gasteiger charge is 2.40. The fraction of sp³-hybridized carbons (Fsp3) is 0.471. The number of rotatable bonds is 2. The largest absolute Gasteiger partial charge is 0.361 e. The molecule has 1 aromatic carbocycles. The highest BCUT2D eigenvalue weighted by molar-refractivity contribution is 5.84. The Bertz CT molecular complexity index is 677. The first-order chi connectivity index (χ1) is 10.2. The third-order valence-electron chi connectivity index (χ3n) is 5.06. The molecule has 21 heavy (non-hydrogen) atoms. The quantitative estimate of drug-likeness (QED) is 0.919. The number of fused-ring (bicyclic) bond motifs is 2. The number of piperazine rings is 1. The smallest absolute Gasteiger partial charge is 0.239 e. The maximum atomic E-state index is 12.5. The molecule has 110 valence electrons. The highest BCUT2D eigenvalue weighted by atomic mass is 16.2. The molecule has 2 saturated heterocycles. The van der Waals surface area contributed by atoms with Gasteiger partial charge in [-0.15, -0.1) is 0 Å². The molecule has 0 saturated carbocycles. The molecule has 3 heterocycles. The van der Waals surface area contributed by atoms with Gasteiger partial charge in [0, 0.05) is 37.4 Å². The predicted octanol–water partition coefficient (Wildman–Crippen LogP) is 2.36. The van der Waals surface area contributed by atoms with E-state index in [1.54, 1.807) is 0 Å². The van der Waals surface area contributed by atoms with Crippen LogP contribution in [0.3, 0.4) is 0 Å². The second kappa shape index (κ2) is 4.88. The van der Waals surface area contributed by atoms with E-state index in [1.807, 2.05) is 13.1 Å². The minimum Gasteiger partial charge on any atom is -0.361 e. The molecule has 2 atom stereocenters. The molecule has 0 aliphatic carbocycles. The molecule has 0 bridgehead atoms. The Morgan fingerprint density at radius 1 is 1.33 bits per heavy atom. The zero-order valence-corrected chi connectivity index (χ0v) is 12.4. The van der Waals surface area contributed by atoms with Crippen LogP contribution in [0.2, 0.25) is 0 Å². The van der Waals surface area contributed by atoms with E-state index in [-0.39, 0.29) is 6.04 Å². The molecule has 1 amide bonds. The number of benzene rings is 1. The van der Waals surface area contributed by atoms with E-state index in [0.29, 0.717) is 11.9 Å². The van der Waals surface area contributed by atoms with Crippen molar-refractivity contribution in [3.05, 3.63) is 36.0 Å². The van der Waals surface area contributed by atoms with Crippen LogP contribution in [0.5, 0.6) is 0 Å². The van der Waals surface area contributed by atoms with Crippen molar-refractivity contribution in [3.8, 4) is 0 Å². The van der Waals surface area contributed by atoms with Crippen molar-refractivity contribution in [2.45, 2.75) is 38.4 Å². The molecule has 0 spiro atoms. The summed E-state index contributed by atoms with van der Waals surface area (Å²) in [7, 11) is 0. The topological polar surface area (TPSA) is 39.3 Å². The molecule has 2 aromatic rings. The predicted molar refractivity (Wildman–Crippen MR) is 82.9 cm³/mol. The Labute approximate surface area is 124 Å². The lowest BCUT2D eigenvalue weighted by Gasteiger charge is -2.41. The summed E-state index contributed by atoms with van der Waals surface area (Å²) >= 11 is 0. The molecule has 0 unspecified atom stereocenters. The molecule has 2 fully saturated rings.